The molecule has 0 amide bonds. The van der Waals surface area contributed by atoms with E-state index in [-0.39, 0.29) is 5.60 Å². The predicted molar refractivity (Wildman–Crippen MR) is 55.4 cm³/mol. The fourth-order valence-electron chi connectivity index (χ4n) is 1.78. The van der Waals surface area contributed by atoms with Crippen molar-refractivity contribution in [3.8, 4) is 5.88 Å². The van der Waals surface area contributed by atoms with E-state index in [9.17, 15) is 0 Å². The van der Waals surface area contributed by atoms with Crippen molar-refractivity contribution < 1.29 is 4.74 Å². The Balaban J connectivity index is 2.02. The third-order valence-corrected chi connectivity index (χ3v) is 2.55. The molecule has 1 unspecified atom stereocenters. The van der Waals surface area contributed by atoms with Gasteiger partial charge in [-0.15, -0.1) is 0 Å². The van der Waals surface area contributed by atoms with Crippen molar-refractivity contribution in [3.05, 3.63) is 24.4 Å². The normalized spacial score (nSPS) is 27.2. The molecule has 1 aromatic rings. The maximum atomic E-state index is 5.87. The number of rotatable bonds is 2. The fraction of sp³-hybridized carbons (Fsp3) is 0.545. The molecule has 3 heteroatoms. The second-order valence-electron chi connectivity index (χ2n) is 4.00. The Bertz CT molecular complexity index is 281. The summed E-state index contributed by atoms with van der Waals surface area (Å²) < 4.78 is 5.87. The smallest absolute Gasteiger partial charge is 0.213 e. The fourth-order valence-corrected chi connectivity index (χ4v) is 1.78. The Morgan fingerprint density at radius 1 is 1.50 bits per heavy atom. The minimum Gasteiger partial charge on any atom is -0.470 e. The Labute approximate surface area is 84.5 Å². The summed E-state index contributed by atoms with van der Waals surface area (Å²) in [5.74, 6) is 0.721. The summed E-state index contributed by atoms with van der Waals surface area (Å²) in [6.07, 6.45) is 4.02. The van der Waals surface area contributed by atoms with Crippen LogP contribution in [0.15, 0.2) is 24.4 Å². The van der Waals surface area contributed by atoms with E-state index in [4.69, 9.17) is 4.74 Å². The van der Waals surface area contributed by atoms with E-state index < -0.39 is 0 Å². The minimum atomic E-state index is -0.0907. The maximum absolute atomic E-state index is 5.87. The lowest BCUT2D eigenvalue weighted by Gasteiger charge is -2.34. The van der Waals surface area contributed by atoms with Gasteiger partial charge in [0.15, 0.2) is 0 Å². The van der Waals surface area contributed by atoms with E-state index >= 15 is 0 Å². The van der Waals surface area contributed by atoms with Crippen LogP contribution in [-0.4, -0.2) is 23.7 Å². The Kier molecular flexibility index (Phi) is 2.68. The molecule has 1 saturated heterocycles. The maximum Gasteiger partial charge on any atom is 0.213 e. The molecule has 1 fully saturated rings. The molecule has 1 N–H and O–H groups in total. The number of ether oxygens (including phenoxy) is 1. The van der Waals surface area contributed by atoms with E-state index in [2.05, 4.69) is 17.2 Å². The quantitative estimate of drug-likeness (QED) is 0.773. The zero-order chi connectivity index (χ0) is 9.86. The Morgan fingerprint density at radius 3 is 3.07 bits per heavy atom. The highest BCUT2D eigenvalue weighted by molar-refractivity contribution is 5.11. The van der Waals surface area contributed by atoms with Gasteiger partial charge in [0.05, 0.1) is 0 Å². The molecule has 0 spiro atoms. The zero-order valence-electron chi connectivity index (χ0n) is 8.49. The average Bonchev–Trinajstić information content (AvgIpc) is 2.19. The van der Waals surface area contributed by atoms with Crippen LogP contribution < -0.4 is 10.1 Å². The van der Waals surface area contributed by atoms with Gasteiger partial charge in [-0.05, 0) is 32.4 Å². The number of nitrogens with one attached hydrogen (secondary N) is 1. The summed E-state index contributed by atoms with van der Waals surface area (Å²) in [6.45, 7) is 4.14. The van der Waals surface area contributed by atoms with Crippen molar-refractivity contribution in [3.63, 3.8) is 0 Å². The third kappa shape index (κ3) is 2.23. The topological polar surface area (TPSA) is 34.1 Å². The van der Waals surface area contributed by atoms with E-state index in [0.29, 0.717) is 0 Å². The third-order valence-electron chi connectivity index (χ3n) is 2.55. The van der Waals surface area contributed by atoms with Crippen molar-refractivity contribution in [2.24, 2.45) is 0 Å². The van der Waals surface area contributed by atoms with Gasteiger partial charge in [0.25, 0.3) is 0 Å². The van der Waals surface area contributed by atoms with Crippen molar-refractivity contribution >= 4 is 0 Å². The van der Waals surface area contributed by atoms with Gasteiger partial charge < -0.3 is 10.1 Å². The van der Waals surface area contributed by atoms with Crippen LogP contribution in [0.25, 0.3) is 0 Å². The first kappa shape index (κ1) is 9.46. The van der Waals surface area contributed by atoms with Crippen LogP contribution in [0.2, 0.25) is 0 Å². The standard InChI is InChI=1S/C11H16N2O/c1-11(6-4-7-12-9-11)14-10-5-2-3-8-13-10/h2-3,5,8,12H,4,6-7,9H2,1H3. The van der Waals surface area contributed by atoms with Gasteiger partial charge in [0, 0.05) is 18.8 Å². The van der Waals surface area contributed by atoms with Gasteiger partial charge in [-0.25, -0.2) is 4.98 Å². The monoisotopic (exact) mass is 192 g/mol. The number of piperidine rings is 1. The molecule has 1 aliphatic rings. The van der Waals surface area contributed by atoms with E-state index in [0.717, 1.165) is 25.4 Å². The number of pyridine rings is 1. The van der Waals surface area contributed by atoms with Gasteiger partial charge in [-0.1, -0.05) is 6.07 Å². The number of hydrogen-bond donors (Lipinski definition) is 1. The van der Waals surface area contributed by atoms with Gasteiger partial charge in [0.1, 0.15) is 5.60 Å². The average molecular weight is 192 g/mol. The van der Waals surface area contributed by atoms with E-state index in [1.807, 2.05) is 18.2 Å². The highest BCUT2D eigenvalue weighted by Crippen LogP contribution is 2.22. The number of hydrogen-bond acceptors (Lipinski definition) is 3. The summed E-state index contributed by atoms with van der Waals surface area (Å²) in [4.78, 5) is 4.17. The summed E-state index contributed by atoms with van der Waals surface area (Å²) in [5.41, 5.74) is -0.0907. The molecular weight excluding hydrogens is 176 g/mol. The predicted octanol–water partition coefficient (Wildman–Crippen LogP) is 1.60. The molecule has 1 atom stereocenters. The van der Waals surface area contributed by atoms with Gasteiger partial charge >= 0.3 is 0 Å². The second-order valence-corrected chi connectivity index (χ2v) is 4.00. The summed E-state index contributed by atoms with van der Waals surface area (Å²) in [7, 11) is 0. The SMILES string of the molecule is CC1(Oc2ccccn2)CCCNC1. The van der Waals surface area contributed by atoms with Crippen LogP contribution in [0.1, 0.15) is 19.8 Å². The molecule has 2 heterocycles. The molecule has 76 valence electrons. The van der Waals surface area contributed by atoms with Gasteiger partial charge in [-0.3, -0.25) is 0 Å². The van der Waals surface area contributed by atoms with Gasteiger partial charge in [0.2, 0.25) is 5.88 Å². The van der Waals surface area contributed by atoms with Crippen molar-refractivity contribution in [2.75, 3.05) is 13.1 Å². The van der Waals surface area contributed by atoms with Crippen LogP contribution in [0.5, 0.6) is 5.88 Å². The highest BCUT2D eigenvalue weighted by atomic mass is 16.5. The second kappa shape index (κ2) is 3.96. The van der Waals surface area contributed by atoms with Gasteiger partial charge in [-0.2, -0.15) is 0 Å². The van der Waals surface area contributed by atoms with Crippen LogP contribution in [0.4, 0.5) is 0 Å². The molecule has 1 aliphatic heterocycles. The lowest BCUT2D eigenvalue weighted by molar-refractivity contribution is 0.0566. The van der Waals surface area contributed by atoms with Crippen LogP contribution in [-0.2, 0) is 0 Å². The first-order valence-electron chi connectivity index (χ1n) is 5.09. The van der Waals surface area contributed by atoms with Crippen molar-refractivity contribution in [1.29, 1.82) is 0 Å². The minimum absolute atomic E-state index is 0.0907. The first-order valence-corrected chi connectivity index (χ1v) is 5.09. The Hall–Kier alpha value is -1.09. The highest BCUT2D eigenvalue weighted by Gasteiger charge is 2.28. The van der Waals surface area contributed by atoms with Crippen LogP contribution in [0, 0.1) is 0 Å². The molecule has 0 radical (unpaired) electrons. The van der Waals surface area contributed by atoms with E-state index in [1.54, 1.807) is 6.20 Å². The van der Waals surface area contributed by atoms with E-state index in [1.165, 1.54) is 6.42 Å². The summed E-state index contributed by atoms with van der Waals surface area (Å²) >= 11 is 0. The zero-order valence-corrected chi connectivity index (χ0v) is 8.49. The first-order chi connectivity index (χ1) is 6.79. The van der Waals surface area contributed by atoms with Crippen LogP contribution in [0.3, 0.4) is 0 Å². The number of nitrogens with zero attached hydrogens (tertiary/aromatic N) is 1. The molecule has 0 aromatic carbocycles. The molecule has 0 bridgehead atoms. The molecule has 14 heavy (non-hydrogen) atoms. The molecule has 0 saturated carbocycles. The molecule has 3 nitrogen and oxygen atoms in total. The lowest BCUT2D eigenvalue weighted by atomic mass is 9.96. The van der Waals surface area contributed by atoms with Crippen LogP contribution >= 0.6 is 0 Å². The Morgan fingerprint density at radius 2 is 2.43 bits per heavy atom. The molecular formula is C11H16N2O. The molecule has 2 rings (SSSR count). The summed E-state index contributed by atoms with van der Waals surface area (Å²) in [5, 5.41) is 3.34. The van der Waals surface area contributed by atoms with Crippen molar-refractivity contribution in [2.45, 2.75) is 25.4 Å². The largest absolute Gasteiger partial charge is 0.470 e. The molecule has 1 aromatic heterocycles. The van der Waals surface area contributed by atoms with Crippen molar-refractivity contribution in [1.82, 2.24) is 10.3 Å². The molecule has 0 aliphatic carbocycles. The summed E-state index contributed by atoms with van der Waals surface area (Å²) in [6, 6.07) is 5.75. The lowest BCUT2D eigenvalue weighted by Crippen LogP contribution is -2.47. The number of aromatic nitrogens is 1.